The lowest BCUT2D eigenvalue weighted by molar-refractivity contribution is -0.122. The number of aromatic nitrogens is 1. The van der Waals surface area contributed by atoms with Crippen molar-refractivity contribution in [3.63, 3.8) is 0 Å². The molecule has 6 nitrogen and oxygen atoms in total. The van der Waals surface area contributed by atoms with Crippen LogP contribution in [0, 0.1) is 5.92 Å². The fraction of sp³-hybridized carbons (Fsp3) is 0.250. The summed E-state index contributed by atoms with van der Waals surface area (Å²) in [6.45, 7) is 3.53. The Kier molecular flexibility index (Phi) is 3.27. The van der Waals surface area contributed by atoms with Crippen molar-refractivity contribution in [1.82, 2.24) is 10.3 Å². The van der Waals surface area contributed by atoms with Crippen LogP contribution in [-0.2, 0) is 4.79 Å². The molecule has 0 unspecified atom stereocenters. The highest BCUT2D eigenvalue weighted by molar-refractivity contribution is 5.97. The average molecular weight is 246 g/mol. The fourth-order valence-electron chi connectivity index (χ4n) is 1.31. The van der Waals surface area contributed by atoms with E-state index in [2.05, 4.69) is 15.3 Å². The Bertz CT molecular complexity index is 568. The van der Waals surface area contributed by atoms with E-state index in [-0.39, 0.29) is 23.8 Å². The number of hydrogen-bond donors (Lipinski definition) is 2. The number of oxazole rings is 1. The number of amides is 1. The lowest BCUT2D eigenvalue weighted by Crippen LogP contribution is -2.38. The zero-order chi connectivity index (χ0) is 13.1. The Morgan fingerprint density at radius 1 is 1.44 bits per heavy atom. The van der Waals surface area contributed by atoms with Crippen LogP contribution in [0.5, 0.6) is 0 Å². The molecule has 0 saturated heterocycles. The number of rotatable bonds is 2. The van der Waals surface area contributed by atoms with Crippen molar-refractivity contribution < 1.29 is 9.21 Å². The van der Waals surface area contributed by atoms with Gasteiger partial charge in [0, 0.05) is 5.92 Å². The number of carbonyl (C=O) groups is 1. The van der Waals surface area contributed by atoms with E-state index in [1.807, 2.05) is 12.1 Å². The summed E-state index contributed by atoms with van der Waals surface area (Å²) >= 11 is 0. The molecule has 1 aromatic heterocycles. The first-order valence-electron chi connectivity index (χ1n) is 5.57. The van der Waals surface area contributed by atoms with Crippen molar-refractivity contribution in [2.24, 2.45) is 16.6 Å². The molecule has 94 valence electrons. The number of nitrogens with zero attached hydrogens (tertiary/aromatic N) is 2. The van der Waals surface area contributed by atoms with E-state index in [1.54, 1.807) is 26.0 Å². The number of benzene rings is 1. The topological polar surface area (TPSA) is 93.5 Å². The summed E-state index contributed by atoms with van der Waals surface area (Å²) in [6.07, 6.45) is 0. The van der Waals surface area contributed by atoms with E-state index in [0.717, 1.165) is 0 Å². The smallest absolute Gasteiger partial charge is 0.325 e. The molecular weight excluding hydrogens is 232 g/mol. The van der Waals surface area contributed by atoms with E-state index in [1.165, 1.54) is 0 Å². The van der Waals surface area contributed by atoms with Crippen LogP contribution in [0.25, 0.3) is 11.1 Å². The standard InChI is InChI=1S/C12H14N4O2/c1-7(2)10(17)15-11(13)16-12-14-8-5-3-4-6-9(8)18-12/h3-7H,1-2H3,(H3,13,14,15,16,17). The lowest BCUT2D eigenvalue weighted by Gasteiger charge is -2.04. The highest BCUT2D eigenvalue weighted by Gasteiger charge is 2.09. The van der Waals surface area contributed by atoms with Gasteiger partial charge in [0.1, 0.15) is 5.52 Å². The number of nitrogens with two attached hydrogens (primary N) is 1. The van der Waals surface area contributed by atoms with Gasteiger partial charge in [-0.25, -0.2) is 0 Å². The normalized spacial score (nSPS) is 12.1. The number of guanidine groups is 1. The van der Waals surface area contributed by atoms with E-state index < -0.39 is 0 Å². The highest BCUT2D eigenvalue weighted by atomic mass is 16.4. The minimum atomic E-state index is -0.202. The van der Waals surface area contributed by atoms with Gasteiger partial charge in [-0.1, -0.05) is 26.0 Å². The van der Waals surface area contributed by atoms with Crippen LogP contribution in [-0.4, -0.2) is 16.9 Å². The van der Waals surface area contributed by atoms with E-state index in [9.17, 15) is 4.79 Å². The van der Waals surface area contributed by atoms with Gasteiger partial charge in [-0.2, -0.15) is 9.98 Å². The molecule has 0 aliphatic rings. The summed E-state index contributed by atoms with van der Waals surface area (Å²) in [4.78, 5) is 19.4. The number of hydrogen-bond acceptors (Lipinski definition) is 4. The number of aliphatic imine (C=N–C) groups is 1. The van der Waals surface area contributed by atoms with Crippen LogP contribution >= 0.6 is 0 Å². The van der Waals surface area contributed by atoms with Gasteiger partial charge in [-0.05, 0) is 12.1 Å². The van der Waals surface area contributed by atoms with E-state index in [0.29, 0.717) is 11.1 Å². The predicted octanol–water partition coefficient (Wildman–Crippen LogP) is 1.55. The van der Waals surface area contributed by atoms with Crippen molar-refractivity contribution in [2.45, 2.75) is 13.8 Å². The van der Waals surface area contributed by atoms with Gasteiger partial charge in [0.2, 0.25) is 11.9 Å². The van der Waals surface area contributed by atoms with Crippen molar-refractivity contribution in [3.8, 4) is 0 Å². The van der Waals surface area contributed by atoms with Crippen LogP contribution in [0.2, 0.25) is 0 Å². The van der Waals surface area contributed by atoms with E-state index in [4.69, 9.17) is 10.2 Å². The summed E-state index contributed by atoms with van der Waals surface area (Å²) in [5, 5.41) is 2.46. The third-order valence-corrected chi connectivity index (χ3v) is 2.27. The Labute approximate surface area is 104 Å². The molecule has 0 atom stereocenters. The van der Waals surface area contributed by atoms with Gasteiger partial charge in [-0.3, -0.25) is 10.1 Å². The molecule has 0 aliphatic heterocycles. The molecule has 1 amide bonds. The Morgan fingerprint density at radius 2 is 2.17 bits per heavy atom. The molecule has 0 aliphatic carbocycles. The average Bonchev–Trinajstić information content (AvgIpc) is 2.70. The Balaban J connectivity index is 2.19. The summed E-state index contributed by atoms with van der Waals surface area (Å²) in [7, 11) is 0. The first-order valence-corrected chi connectivity index (χ1v) is 5.57. The van der Waals surface area contributed by atoms with Crippen molar-refractivity contribution in [1.29, 1.82) is 0 Å². The summed E-state index contributed by atoms with van der Waals surface area (Å²) in [5.74, 6) is -0.394. The van der Waals surface area contributed by atoms with Gasteiger partial charge < -0.3 is 10.2 Å². The SMILES string of the molecule is CC(C)C(=O)NC(N)=Nc1nc2ccccc2o1. The molecule has 0 saturated carbocycles. The fourth-order valence-corrected chi connectivity index (χ4v) is 1.31. The molecule has 18 heavy (non-hydrogen) atoms. The maximum absolute atomic E-state index is 11.4. The second kappa shape index (κ2) is 4.87. The largest absolute Gasteiger partial charge is 0.422 e. The molecule has 1 heterocycles. The Hall–Kier alpha value is -2.37. The minimum Gasteiger partial charge on any atom is -0.422 e. The minimum absolute atomic E-state index is 0.0275. The Morgan fingerprint density at radius 3 is 2.83 bits per heavy atom. The molecule has 1 aromatic carbocycles. The quantitative estimate of drug-likeness (QED) is 0.621. The number of carbonyl (C=O) groups excluding carboxylic acids is 1. The molecular formula is C12H14N4O2. The van der Waals surface area contributed by atoms with Crippen LogP contribution in [0.1, 0.15) is 13.8 Å². The maximum Gasteiger partial charge on any atom is 0.325 e. The molecule has 0 radical (unpaired) electrons. The molecule has 0 bridgehead atoms. The number of para-hydroxylation sites is 2. The van der Waals surface area contributed by atoms with Crippen LogP contribution < -0.4 is 11.1 Å². The van der Waals surface area contributed by atoms with Crippen LogP contribution in [0.3, 0.4) is 0 Å². The highest BCUT2D eigenvalue weighted by Crippen LogP contribution is 2.19. The molecule has 2 aromatic rings. The zero-order valence-electron chi connectivity index (χ0n) is 10.2. The first-order chi connectivity index (χ1) is 8.56. The van der Waals surface area contributed by atoms with Gasteiger partial charge in [-0.15, -0.1) is 0 Å². The van der Waals surface area contributed by atoms with E-state index >= 15 is 0 Å². The van der Waals surface area contributed by atoms with Gasteiger partial charge in [0.05, 0.1) is 0 Å². The second-order valence-electron chi connectivity index (χ2n) is 4.11. The van der Waals surface area contributed by atoms with Gasteiger partial charge in [0.15, 0.2) is 5.58 Å². The third kappa shape index (κ3) is 2.65. The van der Waals surface area contributed by atoms with Crippen molar-refractivity contribution in [2.75, 3.05) is 0 Å². The van der Waals surface area contributed by atoms with Crippen molar-refractivity contribution >= 4 is 29.0 Å². The second-order valence-corrected chi connectivity index (χ2v) is 4.11. The zero-order valence-corrected chi connectivity index (χ0v) is 10.2. The van der Waals surface area contributed by atoms with Crippen LogP contribution in [0.4, 0.5) is 6.01 Å². The molecule has 2 rings (SSSR count). The molecule has 0 spiro atoms. The molecule has 0 fully saturated rings. The molecule has 3 N–H and O–H groups in total. The first kappa shape index (κ1) is 12.1. The van der Waals surface area contributed by atoms with Crippen molar-refractivity contribution in [3.05, 3.63) is 24.3 Å². The lowest BCUT2D eigenvalue weighted by atomic mass is 10.2. The number of nitrogens with one attached hydrogen (secondary N) is 1. The van der Waals surface area contributed by atoms with Gasteiger partial charge >= 0.3 is 6.01 Å². The molecule has 6 heteroatoms. The maximum atomic E-state index is 11.4. The summed E-state index contributed by atoms with van der Waals surface area (Å²) < 4.78 is 5.35. The monoisotopic (exact) mass is 246 g/mol. The summed E-state index contributed by atoms with van der Waals surface area (Å²) in [5.41, 5.74) is 6.90. The summed E-state index contributed by atoms with van der Waals surface area (Å²) in [6, 6.07) is 7.40. The number of fused-ring (bicyclic) bond motifs is 1. The predicted molar refractivity (Wildman–Crippen MR) is 68.3 cm³/mol. The van der Waals surface area contributed by atoms with Gasteiger partial charge in [0.25, 0.3) is 0 Å². The van der Waals surface area contributed by atoms with Crippen LogP contribution in [0.15, 0.2) is 33.7 Å². The third-order valence-electron chi connectivity index (χ3n) is 2.27.